The van der Waals surface area contributed by atoms with E-state index in [0.29, 0.717) is 44.6 Å². The van der Waals surface area contributed by atoms with Crippen molar-refractivity contribution < 1.29 is 52.8 Å². The van der Waals surface area contributed by atoms with Gasteiger partial charge in [0.05, 0.1) is 32.2 Å². The van der Waals surface area contributed by atoms with Gasteiger partial charge in [-0.2, -0.15) is 0 Å². The van der Waals surface area contributed by atoms with Crippen molar-refractivity contribution in [2.45, 2.75) is 205 Å². The molecule has 0 heterocycles. The average Bonchev–Trinajstić information content (AvgIpc) is 3.67. The van der Waals surface area contributed by atoms with Crippen molar-refractivity contribution in [1.29, 1.82) is 0 Å². The number of amides is 1. The van der Waals surface area contributed by atoms with Crippen LogP contribution in [0, 0.1) is 0 Å². The molecule has 2 aromatic rings. The van der Waals surface area contributed by atoms with Crippen LogP contribution < -0.4 is 5.32 Å². The third-order valence-electron chi connectivity index (χ3n) is 12.3. The van der Waals surface area contributed by atoms with Crippen LogP contribution in [0.15, 0.2) is 72.8 Å². The monoisotopic (exact) mass is 1110 g/mol. The summed E-state index contributed by atoms with van der Waals surface area (Å²) in [4.78, 5) is 74.5. The Kier molecular flexibility index (Phi) is 34.5. The Hall–Kier alpha value is -3.97. The lowest BCUT2D eigenvalue weighted by Crippen LogP contribution is -2.43. The van der Waals surface area contributed by atoms with E-state index in [9.17, 15) is 33.9 Å². The molecule has 0 bridgehead atoms. The smallest absolute Gasteiger partial charge is 0.407 e. The summed E-state index contributed by atoms with van der Waals surface area (Å²) in [7, 11) is -2.59. The average molecular weight is 1110 g/mol. The topological polar surface area (TPSA) is 172 Å². The van der Waals surface area contributed by atoms with Gasteiger partial charge in [-0.15, -0.1) is 0 Å². The molecule has 2 N–H and O–H groups in total. The summed E-state index contributed by atoms with van der Waals surface area (Å²) in [6, 6.07) is 17.0. The zero-order valence-electron chi connectivity index (χ0n) is 47.1. The van der Waals surface area contributed by atoms with Crippen molar-refractivity contribution in [2.75, 3.05) is 31.3 Å². The molecule has 420 valence electrons. The van der Waals surface area contributed by atoms with Crippen LogP contribution in [0.3, 0.4) is 0 Å². The number of carbonyl (C=O) groups excluding carboxylic acids is 6. The second kappa shape index (κ2) is 38.6. The van der Waals surface area contributed by atoms with E-state index in [1.807, 2.05) is 48.6 Å². The van der Waals surface area contributed by atoms with Crippen LogP contribution in [-0.2, 0) is 42.9 Å². The Morgan fingerprint density at radius 1 is 0.627 bits per heavy atom. The number of allylic oxidation sites excluding steroid dienone is 2. The Morgan fingerprint density at radius 3 is 1.57 bits per heavy atom. The zero-order chi connectivity index (χ0) is 55.5. The molecule has 1 amide bonds. The number of alkyl carbamates (subject to hydrolysis) is 1. The normalized spacial score (nSPS) is 13.5. The number of esters is 3. The number of ether oxygens (including phenoxy) is 4. The van der Waals surface area contributed by atoms with E-state index in [1.54, 1.807) is 19.1 Å². The minimum atomic E-state index is -1.39. The van der Waals surface area contributed by atoms with E-state index in [2.05, 4.69) is 70.6 Å². The lowest BCUT2D eigenvalue weighted by Gasteiger charge is -2.21. The van der Waals surface area contributed by atoms with Crippen molar-refractivity contribution in [3.8, 4) is 11.1 Å². The molecule has 0 aliphatic heterocycles. The van der Waals surface area contributed by atoms with Crippen molar-refractivity contribution in [1.82, 2.24) is 5.32 Å². The number of nitrogens with one attached hydrogen (secondary N) is 1. The summed E-state index contributed by atoms with van der Waals surface area (Å²) < 4.78 is 22.0. The molecule has 0 spiro atoms. The number of hydrogen-bond donors (Lipinski definition) is 2. The quantitative estimate of drug-likeness (QED) is 0.0217. The van der Waals surface area contributed by atoms with Gasteiger partial charge < -0.3 is 29.4 Å². The summed E-state index contributed by atoms with van der Waals surface area (Å²) in [5.41, 5.74) is 4.45. The Morgan fingerprint density at radius 2 is 1.09 bits per heavy atom. The Bertz CT molecular complexity index is 2020. The molecule has 2 aromatic carbocycles. The van der Waals surface area contributed by atoms with Gasteiger partial charge in [0.2, 0.25) is 0 Å². The van der Waals surface area contributed by atoms with Gasteiger partial charge in [-0.25, -0.2) is 9.59 Å². The summed E-state index contributed by atoms with van der Waals surface area (Å²) in [5.74, 6) is -0.248. The third-order valence-corrected chi connectivity index (χ3v) is 17.7. The molecule has 0 fully saturated rings. The number of thioether (sulfide) groups is 2. The van der Waals surface area contributed by atoms with Crippen LogP contribution in [0.1, 0.15) is 147 Å². The second-order valence-electron chi connectivity index (χ2n) is 21.6. The first-order valence-electron chi connectivity index (χ1n) is 27.7. The third kappa shape index (κ3) is 31.8. The molecule has 1 aliphatic rings. The molecule has 0 radical (unpaired) electrons. The Labute approximate surface area is 461 Å². The van der Waals surface area contributed by atoms with E-state index in [4.69, 9.17) is 18.9 Å². The summed E-state index contributed by atoms with van der Waals surface area (Å²) in [5, 5.41) is 12.9. The fourth-order valence-corrected chi connectivity index (χ4v) is 10.8. The maximum absolute atomic E-state index is 13.3. The van der Waals surface area contributed by atoms with E-state index in [1.165, 1.54) is 55.6 Å². The highest BCUT2D eigenvalue weighted by molar-refractivity contribution is 8.13. The number of carbonyl (C=O) groups is 6. The van der Waals surface area contributed by atoms with Crippen molar-refractivity contribution in [3.05, 3.63) is 84.0 Å². The van der Waals surface area contributed by atoms with Crippen LogP contribution >= 0.6 is 23.5 Å². The lowest BCUT2D eigenvalue weighted by atomic mass is 9.98. The summed E-state index contributed by atoms with van der Waals surface area (Å²) in [6.07, 6.45) is 18.6. The molecule has 3 atom stereocenters. The standard InChI is InChI=1S/C39H55NO7SSi.C20H38O4SSi/c1-6-8-9-10-11-23-37(42)48-25-17-16-18-29(27-36(41)45-24-26-49(3,4)5)47-38(43)35(7-2)40-39(44)46-28-34-32-21-14-12-19-30(32)31-20-13-15-22-33(31)34;1-5-6-7-8-9-13-20(23)25-15-11-10-12-18(21)17-19(22)24-14-16-26(2,3)4/h12-16,18-22,29,34-35H,6-11,17,23-28H2,1-5H3,(H,40,44);10,12,18,21H,5-9,11,13-17H2,1-4H3/b18-16+;12-10+/t29-,35+;18-/m11/s1. The van der Waals surface area contributed by atoms with Crippen molar-refractivity contribution in [2.24, 2.45) is 0 Å². The number of aliphatic hydroxyl groups excluding tert-OH is 1. The number of aliphatic hydroxyl groups is 1. The predicted octanol–water partition coefficient (Wildman–Crippen LogP) is 14.2. The van der Waals surface area contributed by atoms with Gasteiger partial charge in [0, 0.05) is 46.4 Å². The maximum atomic E-state index is 13.3. The molecular weight excluding hydrogens is 1020 g/mol. The Balaban J connectivity index is 0.000000626. The fourth-order valence-electron chi connectivity index (χ4n) is 7.83. The number of hydrogen-bond acceptors (Lipinski definition) is 13. The molecule has 3 rings (SSSR count). The molecule has 12 nitrogen and oxygen atoms in total. The number of rotatable bonds is 36. The van der Waals surface area contributed by atoms with Gasteiger partial charge in [-0.05, 0) is 72.5 Å². The van der Waals surface area contributed by atoms with Gasteiger partial charge in [0.1, 0.15) is 18.8 Å². The molecular formula is C59H93NO11S2Si2. The molecule has 16 heteroatoms. The minimum Gasteiger partial charge on any atom is -0.466 e. The maximum Gasteiger partial charge on any atom is 0.407 e. The first-order valence-corrected chi connectivity index (χ1v) is 37.1. The highest BCUT2D eigenvalue weighted by atomic mass is 32.2. The van der Waals surface area contributed by atoms with Gasteiger partial charge in [0.15, 0.2) is 10.2 Å². The molecule has 0 saturated heterocycles. The molecule has 1 aliphatic carbocycles. The second-order valence-corrected chi connectivity index (χ2v) is 35.2. The highest BCUT2D eigenvalue weighted by Gasteiger charge is 2.31. The first-order chi connectivity index (χ1) is 35.8. The van der Waals surface area contributed by atoms with Gasteiger partial charge >= 0.3 is 24.0 Å². The minimum absolute atomic E-state index is 0.00790. The highest BCUT2D eigenvalue weighted by Crippen LogP contribution is 2.44. The van der Waals surface area contributed by atoms with E-state index in [-0.39, 0.29) is 48.0 Å². The van der Waals surface area contributed by atoms with Gasteiger partial charge in [-0.1, -0.05) is 202 Å². The first kappa shape index (κ1) is 67.1. The van der Waals surface area contributed by atoms with Crippen molar-refractivity contribution in [3.63, 3.8) is 0 Å². The predicted molar refractivity (Wildman–Crippen MR) is 315 cm³/mol. The lowest BCUT2D eigenvalue weighted by molar-refractivity contribution is -0.154. The van der Waals surface area contributed by atoms with Crippen molar-refractivity contribution >= 4 is 73.9 Å². The van der Waals surface area contributed by atoms with E-state index < -0.39 is 52.4 Å². The summed E-state index contributed by atoms with van der Waals surface area (Å²) >= 11 is 2.67. The fraction of sp³-hybridized carbons (Fsp3) is 0.627. The molecule has 0 aromatic heterocycles. The summed E-state index contributed by atoms with van der Waals surface area (Å²) in [6.45, 7) is 20.3. The van der Waals surface area contributed by atoms with Crippen LogP contribution in [0.2, 0.25) is 51.4 Å². The van der Waals surface area contributed by atoms with E-state index >= 15 is 0 Å². The van der Waals surface area contributed by atoms with E-state index in [0.717, 1.165) is 72.2 Å². The number of benzene rings is 2. The largest absolute Gasteiger partial charge is 0.466 e. The van der Waals surface area contributed by atoms with Crippen LogP contribution in [0.5, 0.6) is 0 Å². The van der Waals surface area contributed by atoms with Gasteiger partial charge in [-0.3, -0.25) is 19.2 Å². The molecule has 75 heavy (non-hydrogen) atoms. The number of fused-ring (bicyclic) bond motifs is 3. The molecule has 0 saturated carbocycles. The van der Waals surface area contributed by atoms with Crippen LogP contribution in [0.4, 0.5) is 4.79 Å². The van der Waals surface area contributed by atoms with Crippen LogP contribution in [-0.4, -0.2) is 105 Å². The zero-order valence-corrected chi connectivity index (χ0v) is 50.7. The van der Waals surface area contributed by atoms with Crippen LogP contribution in [0.25, 0.3) is 11.1 Å². The number of unbranched alkanes of at least 4 members (excludes halogenated alkanes) is 8. The SMILES string of the molecule is CCCCCCCC(=O)SCC/C=C/[C@@H](O)CC(=O)OCC[Si](C)(C)C.CCCCCCCC(=O)SCC/C=C/[C@H](CC(=O)OCC[Si](C)(C)C)OC(=O)[C@H](CC)NC(=O)OCC1c2ccccc2-c2ccccc21. The van der Waals surface area contributed by atoms with Gasteiger partial charge in [0.25, 0.3) is 0 Å². The molecule has 0 unspecified atom stereocenters.